The molecule has 0 unspecified atom stereocenters. The molecule has 1 aromatic rings. The summed E-state index contributed by atoms with van der Waals surface area (Å²) >= 11 is 0. The molecular weight excluding hydrogens is 396 g/mol. The van der Waals surface area contributed by atoms with Crippen LogP contribution in [-0.2, 0) is 18.6 Å². The smallest absolute Gasteiger partial charge is 0.350 e. The monoisotopic (exact) mass is 417 g/mol. The van der Waals surface area contributed by atoms with E-state index in [-0.39, 0.29) is 44.1 Å². The van der Waals surface area contributed by atoms with Crippen LogP contribution in [0.2, 0.25) is 0 Å². The molecule has 26 heavy (non-hydrogen) atoms. The first-order valence-corrected chi connectivity index (χ1v) is 10.8. The van der Waals surface area contributed by atoms with E-state index in [1.807, 2.05) is 0 Å². The number of hydrogen-bond acceptors (Lipinski definition) is 9. The lowest BCUT2D eigenvalue weighted by Crippen LogP contribution is -2.11. The van der Waals surface area contributed by atoms with Gasteiger partial charge < -0.3 is 43.8 Å². The van der Waals surface area contributed by atoms with E-state index in [1.165, 1.54) is 6.07 Å². The van der Waals surface area contributed by atoms with Gasteiger partial charge in [-0.1, -0.05) is 0 Å². The Bertz CT molecular complexity index is 599. The third kappa shape index (κ3) is 11.3. The van der Waals surface area contributed by atoms with Gasteiger partial charge in [-0.05, 0) is 0 Å². The van der Waals surface area contributed by atoms with Crippen molar-refractivity contribution in [3.63, 3.8) is 0 Å². The van der Waals surface area contributed by atoms with Crippen molar-refractivity contribution in [3.8, 4) is 11.8 Å². The molecule has 5 N–H and O–H groups in total. The van der Waals surface area contributed by atoms with Gasteiger partial charge in [-0.2, -0.15) is 9.97 Å². The fourth-order valence-electron chi connectivity index (χ4n) is 1.44. The normalized spacial score (nSPS) is 12.0. The molecule has 1 aromatic heterocycles. The Hall–Kier alpha value is -1.30. The van der Waals surface area contributed by atoms with Gasteiger partial charge in [0.25, 0.3) is 0 Å². The minimum atomic E-state index is -4.22. The van der Waals surface area contributed by atoms with Gasteiger partial charge in [0, 0.05) is 7.05 Å². The van der Waals surface area contributed by atoms with Crippen LogP contribution in [0.1, 0.15) is 0 Å². The van der Waals surface area contributed by atoms with Gasteiger partial charge in [-0.15, -0.1) is 0 Å². The molecule has 0 aliphatic carbocycles. The highest BCUT2D eigenvalue weighted by Crippen LogP contribution is 2.34. The first-order valence-electron chi connectivity index (χ1n) is 7.16. The van der Waals surface area contributed by atoms with E-state index < -0.39 is 27.9 Å². The highest BCUT2D eigenvalue weighted by atomic mass is 31.2. The van der Waals surface area contributed by atoms with Crippen molar-refractivity contribution in [1.29, 1.82) is 0 Å². The summed E-state index contributed by atoms with van der Waals surface area (Å²) in [6.07, 6.45) is -1.41. The first kappa shape index (κ1) is 22.7. The Balaban J connectivity index is 2.43. The Labute approximate surface area is 149 Å². The third-order valence-electron chi connectivity index (χ3n) is 2.38. The zero-order chi connectivity index (χ0) is 19.6. The van der Waals surface area contributed by atoms with Gasteiger partial charge in [0.15, 0.2) is 0 Å². The van der Waals surface area contributed by atoms with Crippen molar-refractivity contribution in [2.45, 2.75) is 0 Å². The molecule has 0 saturated carbocycles. The van der Waals surface area contributed by atoms with E-state index in [2.05, 4.69) is 15.3 Å². The number of aromatic nitrogens is 2. The van der Waals surface area contributed by atoms with Crippen LogP contribution in [0.4, 0.5) is 5.95 Å². The summed E-state index contributed by atoms with van der Waals surface area (Å²) in [5.41, 5.74) is 0. The van der Waals surface area contributed by atoms with Crippen LogP contribution >= 0.6 is 15.2 Å². The predicted molar refractivity (Wildman–Crippen MR) is 88.3 cm³/mol. The molecule has 0 spiro atoms. The Morgan fingerprint density at radius 1 is 0.885 bits per heavy atom. The number of ether oxygens (including phenoxy) is 4. The summed E-state index contributed by atoms with van der Waals surface area (Å²) in [4.78, 5) is 42.6. The lowest BCUT2D eigenvalue weighted by Gasteiger charge is -2.11. The predicted octanol–water partition coefficient (Wildman–Crippen LogP) is -0.421. The summed E-state index contributed by atoms with van der Waals surface area (Å²) in [5, 5.41) is 2.70. The molecular formula is C11H21N3O10P2. The second-order valence-corrected chi connectivity index (χ2v) is 7.89. The maximum absolute atomic E-state index is 10.6. The standard InChI is InChI=1S/C11H21N3O10P2/c1-12-11-13-9(23-4-2-21-7-25(15,16)17)6-10(14-11)24-5-3-22-8-26(18,19)20/h6H,2-5,7-8H2,1H3,(H,12,13,14)(H2,15,16,17)(H2,18,19,20). The van der Waals surface area contributed by atoms with Crippen molar-refractivity contribution in [1.82, 2.24) is 9.97 Å². The molecule has 1 rings (SSSR count). The maximum atomic E-state index is 10.6. The molecule has 13 nitrogen and oxygen atoms in total. The lowest BCUT2D eigenvalue weighted by atomic mass is 10.5. The first-order chi connectivity index (χ1) is 12.1. The Morgan fingerprint density at radius 3 is 1.65 bits per heavy atom. The number of rotatable bonds is 13. The summed E-state index contributed by atoms with van der Waals surface area (Å²) in [5.74, 6) is 0.468. The van der Waals surface area contributed by atoms with Crippen molar-refractivity contribution in [2.24, 2.45) is 0 Å². The zero-order valence-electron chi connectivity index (χ0n) is 13.8. The van der Waals surface area contributed by atoms with Crippen LogP contribution in [0.5, 0.6) is 11.8 Å². The second-order valence-electron chi connectivity index (χ2n) is 4.72. The number of anilines is 1. The number of nitrogens with one attached hydrogen (secondary N) is 1. The molecule has 150 valence electrons. The molecule has 0 saturated heterocycles. The molecule has 0 bridgehead atoms. The maximum Gasteiger partial charge on any atom is 0.350 e. The average Bonchev–Trinajstić information content (AvgIpc) is 2.52. The highest BCUT2D eigenvalue weighted by Gasteiger charge is 2.13. The third-order valence-corrected chi connectivity index (χ3v) is 3.41. The average molecular weight is 417 g/mol. The largest absolute Gasteiger partial charge is 0.475 e. The van der Waals surface area contributed by atoms with E-state index >= 15 is 0 Å². The van der Waals surface area contributed by atoms with Crippen molar-refractivity contribution in [2.75, 3.05) is 51.5 Å². The molecule has 0 atom stereocenters. The van der Waals surface area contributed by atoms with Gasteiger partial charge >= 0.3 is 15.2 Å². The van der Waals surface area contributed by atoms with Crippen molar-refractivity contribution < 1.29 is 47.7 Å². The van der Waals surface area contributed by atoms with E-state index in [9.17, 15) is 9.13 Å². The van der Waals surface area contributed by atoms with Crippen LogP contribution in [-0.4, -0.2) is 75.7 Å². The number of hydrogen-bond donors (Lipinski definition) is 5. The van der Waals surface area contributed by atoms with Gasteiger partial charge in [-0.25, -0.2) is 0 Å². The van der Waals surface area contributed by atoms with Gasteiger partial charge in [0.05, 0.1) is 19.3 Å². The molecule has 1 heterocycles. The van der Waals surface area contributed by atoms with E-state index in [0.29, 0.717) is 0 Å². The zero-order valence-corrected chi connectivity index (χ0v) is 15.6. The summed E-state index contributed by atoms with van der Waals surface area (Å²) in [6, 6.07) is 1.37. The summed E-state index contributed by atoms with van der Waals surface area (Å²) in [7, 11) is -6.86. The Kier molecular flexibility index (Phi) is 9.41. The molecule has 0 fully saturated rings. The summed E-state index contributed by atoms with van der Waals surface area (Å²) < 4.78 is 41.4. The minimum Gasteiger partial charge on any atom is -0.475 e. The molecule has 0 aliphatic rings. The fraction of sp³-hybridized carbons (Fsp3) is 0.636. The molecule has 0 radical (unpaired) electrons. The van der Waals surface area contributed by atoms with Crippen molar-refractivity contribution >= 4 is 21.1 Å². The topological polar surface area (TPSA) is 190 Å². The van der Waals surface area contributed by atoms with Crippen LogP contribution in [0.3, 0.4) is 0 Å². The van der Waals surface area contributed by atoms with Crippen LogP contribution in [0, 0.1) is 0 Å². The van der Waals surface area contributed by atoms with Crippen LogP contribution < -0.4 is 14.8 Å². The quantitative estimate of drug-likeness (QED) is 0.206. The van der Waals surface area contributed by atoms with E-state index in [1.54, 1.807) is 7.05 Å². The Morgan fingerprint density at radius 2 is 1.31 bits per heavy atom. The lowest BCUT2D eigenvalue weighted by molar-refractivity contribution is 0.114. The van der Waals surface area contributed by atoms with Crippen molar-refractivity contribution in [3.05, 3.63) is 6.07 Å². The molecule has 0 aliphatic heterocycles. The second kappa shape index (κ2) is 10.8. The molecule has 0 amide bonds. The van der Waals surface area contributed by atoms with E-state index in [0.717, 1.165) is 0 Å². The van der Waals surface area contributed by atoms with Gasteiger partial charge in [0.1, 0.15) is 25.9 Å². The fourth-order valence-corrected chi connectivity index (χ4v) is 2.17. The van der Waals surface area contributed by atoms with E-state index in [4.69, 9.17) is 38.5 Å². The number of nitrogens with zero attached hydrogens (tertiary/aromatic N) is 2. The van der Waals surface area contributed by atoms with Gasteiger partial charge in [-0.3, -0.25) is 9.13 Å². The van der Waals surface area contributed by atoms with Crippen LogP contribution in [0.25, 0.3) is 0 Å². The minimum absolute atomic E-state index is 0.00892. The summed E-state index contributed by atoms with van der Waals surface area (Å²) in [6.45, 7) is -0.136. The van der Waals surface area contributed by atoms with Crippen LogP contribution in [0.15, 0.2) is 6.07 Å². The highest BCUT2D eigenvalue weighted by molar-refractivity contribution is 7.51. The van der Waals surface area contributed by atoms with Gasteiger partial charge in [0.2, 0.25) is 17.7 Å². The molecule has 0 aromatic carbocycles. The molecule has 15 heteroatoms. The SMILES string of the molecule is CNc1nc(OCCOCP(=O)(O)O)cc(OCCOCP(=O)(O)O)n1.